The highest BCUT2D eigenvalue weighted by atomic mass is 16.3. The first-order valence-electron chi connectivity index (χ1n) is 12.8. The molecule has 5 rings (SSSR count). The van der Waals surface area contributed by atoms with E-state index < -0.39 is 5.60 Å². The number of amides is 1. The van der Waals surface area contributed by atoms with Gasteiger partial charge in [0.1, 0.15) is 5.60 Å². The van der Waals surface area contributed by atoms with Crippen LogP contribution in [0.2, 0.25) is 0 Å². The number of nitrogens with zero attached hydrogens (tertiary/aromatic N) is 3. The van der Waals surface area contributed by atoms with Crippen molar-refractivity contribution in [2.75, 3.05) is 20.1 Å². The fraction of sp³-hybridized carbons (Fsp3) is 0.483. The number of benzene rings is 1. The number of hydrogen-bond acceptors (Lipinski definition) is 5. The number of hydrogen-bond donors (Lipinski definition) is 3. The molecule has 1 aliphatic heterocycles. The van der Waals surface area contributed by atoms with Crippen molar-refractivity contribution in [2.24, 2.45) is 5.41 Å². The zero-order chi connectivity index (χ0) is 25.7. The predicted octanol–water partition coefficient (Wildman–Crippen LogP) is 3.99. The Morgan fingerprint density at radius 3 is 2.44 bits per heavy atom. The number of H-pyrrole nitrogens is 1. The Morgan fingerprint density at radius 1 is 1.17 bits per heavy atom. The topological polar surface area (TPSA) is 94.1 Å². The Labute approximate surface area is 213 Å². The quantitative estimate of drug-likeness (QED) is 0.447. The highest BCUT2D eigenvalue weighted by Crippen LogP contribution is 2.50. The molecule has 1 aromatic carbocycles. The number of carbonyl (C=O) groups excluding carboxylic acids is 1. The molecule has 0 unspecified atom stereocenters. The Morgan fingerprint density at radius 2 is 1.86 bits per heavy atom. The second kappa shape index (κ2) is 8.82. The van der Waals surface area contributed by atoms with Gasteiger partial charge in [-0.1, -0.05) is 45.0 Å². The van der Waals surface area contributed by atoms with Crippen LogP contribution in [0.15, 0.2) is 48.8 Å². The second-order valence-corrected chi connectivity index (χ2v) is 11.6. The van der Waals surface area contributed by atoms with Crippen molar-refractivity contribution in [1.82, 2.24) is 25.4 Å². The van der Waals surface area contributed by atoms with E-state index in [2.05, 4.69) is 77.5 Å². The molecule has 3 N–H and O–H groups in total. The molecule has 0 radical (unpaired) electrons. The molecule has 3 aromatic rings. The van der Waals surface area contributed by atoms with E-state index >= 15 is 0 Å². The summed E-state index contributed by atoms with van der Waals surface area (Å²) in [5.41, 5.74) is 3.83. The van der Waals surface area contributed by atoms with Crippen molar-refractivity contribution < 1.29 is 9.90 Å². The molecule has 3 heterocycles. The van der Waals surface area contributed by atoms with Crippen LogP contribution in [0.5, 0.6) is 0 Å². The van der Waals surface area contributed by atoms with Crippen molar-refractivity contribution >= 4 is 5.91 Å². The van der Waals surface area contributed by atoms with Crippen molar-refractivity contribution in [3.63, 3.8) is 0 Å². The summed E-state index contributed by atoms with van der Waals surface area (Å²) in [6, 6.07) is 12.4. The first-order chi connectivity index (χ1) is 17.0. The van der Waals surface area contributed by atoms with Crippen LogP contribution >= 0.6 is 0 Å². The summed E-state index contributed by atoms with van der Waals surface area (Å²) in [6.07, 6.45) is 6.26. The Balaban J connectivity index is 1.48. The lowest BCUT2D eigenvalue weighted by Gasteiger charge is -2.55. The van der Waals surface area contributed by atoms with Crippen LogP contribution in [0.4, 0.5) is 0 Å². The van der Waals surface area contributed by atoms with E-state index in [0.29, 0.717) is 5.92 Å². The summed E-state index contributed by atoms with van der Waals surface area (Å²) in [5.74, 6) is 0.428. The molecule has 36 heavy (non-hydrogen) atoms. The first kappa shape index (κ1) is 24.7. The standard InChI is InChI=1S/C29H37N5O2/c1-19(2)21-6-8-23(9-7-21)29(36,27(4)17-34(5)18-27)24-12-22(15-30-16-24)26-13-25(32-33-26)14-28(10-11-28)31-20(3)35/h6-9,12-13,15-16,19,36H,10-11,14,17-18H2,1-5H3,(H,31,35)(H,32,33)/t29-/m0/s1. The lowest BCUT2D eigenvalue weighted by atomic mass is 9.62. The highest BCUT2D eigenvalue weighted by molar-refractivity contribution is 5.74. The zero-order valence-electron chi connectivity index (χ0n) is 21.9. The third-order valence-electron chi connectivity index (χ3n) is 8.01. The molecule has 1 saturated heterocycles. The minimum absolute atomic E-state index is 0.0000125. The van der Waals surface area contributed by atoms with E-state index in [0.717, 1.165) is 60.4 Å². The second-order valence-electron chi connectivity index (χ2n) is 11.6. The van der Waals surface area contributed by atoms with Gasteiger partial charge in [0.05, 0.1) is 5.69 Å². The van der Waals surface area contributed by atoms with Crippen molar-refractivity contribution in [1.29, 1.82) is 0 Å². The SMILES string of the molecule is CC(=O)NC1(Cc2cc(-c3cncc([C@@](O)(c4ccc(C(C)C)cc4)C4(C)CN(C)C4)c3)n[nH]2)CC1. The minimum atomic E-state index is -1.19. The van der Waals surface area contributed by atoms with E-state index in [1.165, 1.54) is 5.56 Å². The van der Waals surface area contributed by atoms with Gasteiger partial charge in [0.15, 0.2) is 0 Å². The normalized spacial score (nSPS) is 20.0. The van der Waals surface area contributed by atoms with Gasteiger partial charge < -0.3 is 15.3 Å². The molecule has 190 valence electrons. The number of carbonyl (C=O) groups is 1. The van der Waals surface area contributed by atoms with Gasteiger partial charge in [0, 0.05) is 66.6 Å². The largest absolute Gasteiger partial charge is 0.380 e. The molecular formula is C29H37N5O2. The van der Waals surface area contributed by atoms with E-state index in [1.54, 1.807) is 19.3 Å². The fourth-order valence-electron chi connectivity index (χ4n) is 5.96. The number of aromatic amines is 1. The number of aliphatic hydroxyl groups is 1. The Bertz CT molecular complexity index is 1250. The smallest absolute Gasteiger partial charge is 0.217 e. The lowest BCUT2D eigenvalue weighted by Crippen LogP contribution is -2.63. The highest BCUT2D eigenvalue weighted by Gasteiger charge is 2.55. The minimum Gasteiger partial charge on any atom is -0.380 e. The number of pyridine rings is 1. The average Bonchev–Trinajstić information content (AvgIpc) is 3.40. The molecular weight excluding hydrogens is 450 g/mol. The molecule has 7 nitrogen and oxygen atoms in total. The van der Waals surface area contributed by atoms with Gasteiger partial charge in [0.25, 0.3) is 0 Å². The van der Waals surface area contributed by atoms with Crippen molar-refractivity contribution in [2.45, 2.75) is 64.0 Å². The van der Waals surface area contributed by atoms with Gasteiger partial charge in [-0.05, 0) is 49.1 Å². The maximum absolute atomic E-state index is 12.5. The third kappa shape index (κ3) is 4.35. The summed E-state index contributed by atoms with van der Waals surface area (Å²) in [7, 11) is 2.08. The first-order valence-corrected chi connectivity index (χ1v) is 12.8. The number of aromatic nitrogens is 3. The van der Waals surface area contributed by atoms with Gasteiger partial charge in [0.2, 0.25) is 5.91 Å². The molecule has 1 aliphatic carbocycles. The van der Waals surface area contributed by atoms with Gasteiger partial charge in [-0.25, -0.2) is 0 Å². The zero-order valence-corrected chi connectivity index (χ0v) is 21.9. The maximum atomic E-state index is 12.5. The molecule has 2 aliphatic rings. The van der Waals surface area contributed by atoms with Crippen molar-refractivity contribution in [3.8, 4) is 11.3 Å². The lowest BCUT2D eigenvalue weighted by molar-refractivity contribution is -0.127. The van der Waals surface area contributed by atoms with E-state index in [9.17, 15) is 9.90 Å². The van der Waals surface area contributed by atoms with Crippen LogP contribution in [0.3, 0.4) is 0 Å². The van der Waals surface area contributed by atoms with E-state index in [4.69, 9.17) is 0 Å². The van der Waals surface area contributed by atoms with E-state index in [1.807, 2.05) is 12.1 Å². The molecule has 7 heteroatoms. The van der Waals surface area contributed by atoms with Crippen molar-refractivity contribution in [3.05, 3.63) is 71.2 Å². The number of likely N-dealkylation sites (tertiary alicyclic amines) is 1. The average molecular weight is 488 g/mol. The monoisotopic (exact) mass is 487 g/mol. The molecule has 0 bridgehead atoms. The maximum Gasteiger partial charge on any atom is 0.217 e. The summed E-state index contributed by atoms with van der Waals surface area (Å²) in [4.78, 5) is 18.3. The molecule has 2 fully saturated rings. The summed E-state index contributed by atoms with van der Waals surface area (Å²) in [5, 5.41) is 23.2. The van der Waals surface area contributed by atoms with Crippen LogP contribution in [0.25, 0.3) is 11.3 Å². The Hall–Kier alpha value is -3.03. The molecule has 1 saturated carbocycles. The van der Waals surface area contributed by atoms with Gasteiger partial charge in [-0.3, -0.25) is 14.9 Å². The Kier molecular flexibility index (Phi) is 6.04. The van der Waals surface area contributed by atoms with Crippen LogP contribution < -0.4 is 5.32 Å². The summed E-state index contributed by atoms with van der Waals surface area (Å²) in [6.45, 7) is 9.65. The van der Waals surface area contributed by atoms with Crippen LogP contribution in [0, 0.1) is 5.41 Å². The van der Waals surface area contributed by atoms with E-state index in [-0.39, 0.29) is 16.9 Å². The van der Waals surface area contributed by atoms with Crippen LogP contribution in [-0.4, -0.2) is 56.8 Å². The van der Waals surface area contributed by atoms with Gasteiger partial charge >= 0.3 is 0 Å². The van der Waals surface area contributed by atoms with Crippen LogP contribution in [0.1, 0.15) is 68.8 Å². The summed E-state index contributed by atoms with van der Waals surface area (Å²) < 4.78 is 0. The van der Waals surface area contributed by atoms with Gasteiger partial charge in [-0.2, -0.15) is 5.10 Å². The van der Waals surface area contributed by atoms with Crippen LogP contribution in [-0.2, 0) is 16.8 Å². The predicted molar refractivity (Wildman–Crippen MR) is 140 cm³/mol. The number of rotatable bonds is 8. The van der Waals surface area contributed by atoms with Gasteiger partial charge in [-0.15, -0.1) is 0 Å². The molecule has 2 aromatic heterocycles. The molecule has 1 atom stereocenters. The third-order valence-corrected chi connectivity index (χ3v) is 8.01. The number of nitrogens with one attached hydrogen (secondary N) is 2. The summed E-state index contributed by atoms with van der Waals surface area (Å²) >= 11 is 0. The molecule has 0 spiro atoms. The molecule has 1 amide bonds. The fourth-order valence-corrected chi connectivity index (χ4v) is 5.96.